The molecule has 23 heavy (non-hydrogen) atoms. The van der Waals surface area contributed by atoms with Crippen molar-refractivity contribution in [2.75, 3.05) is 11.1 Å². The van der Waals surface area contributed by atoms with Crippen molar-refractivity contribution in [3.05, 3.63) is 30.3 Å². The van der Waals surface area contributed by atoms with Crippen molar-refractivity contribution < 1.29 is 4.79 Å². The molecule has 0 spiro atoms. The molecule has 4 nitrogen and oxygen atoms in total. The smallest absolute Gasteiger partial charge is 0.226 e. The van der Waals surface area contributed by atoms with E-state index >= 15 is 0 Å². The molecule has 7 heteroatoms. The molecule has 0 bridgehead atoms. The van der Waals surface area contributed by atoms with Gasteiger partial charge in [-0.15, -0.1) is 10.2 Å². The molecule has 1 saturated heterocycles. The average Bonchev–Trinajstić information content (AvgIpc) is 3.24. The molecule has 1 atom stereocenters. The zero-order valence-corrected chi connectivity index (χ0v) is 15.2. The zero-order chi connectivity index (χ0) is 15.9. The van der Waals surface area contributed by atoms with Crippen LogP contribution in [0, 0.1) is 0 Å². The average molecular weight is 366 g/mol. The molecule has 1 aliphatic rings. The topological polar surface area (TPSA) is 54.9 Å². The van der Waals surface area contributed by atoms with Gasteiger partial charge in [0.25, 0.3) is 0 Å². The number of hydrogen-bond donors (Lipinski definition) is 1. The highest BCUT2D eigenvalue weighted by atomic mass is 33.1. The SMILES string of the molecule is O=C(CCCCC1CCSS1)Nc1nnc(-c2ccccc2)s1. The number of nitrogens with one attached hydrogen (secondary N) is 1. The quantitative estimate of drug-likeness (QED) is 0.561. The van der Waals surface area contributed by atoms with E-state index in [1.165, 1.54) is 29.9 Å². The maximum absolute atomic E-state index is 12.0. The number of rotatable bonds is 7. The monoisotopic (exact) mass is 365 g/mol. The van der Waals surface area contributed by atoms with Crippen LogP contribution in [0.2, 0.25) is 0 Å². The van der Waals surface area contributed by atoms with Gasteiger partial charge in [0.05, 0.1) is 0 Å². The third kappa shape index (κ3) is 5.22. The van der Waals surface area contributed by atoms with Gasteiger partial charge >= 0.3 is 0 Å². The first kappa shape index (κ1) is 16.8. The first-order valence-electron chi connectivity index (χ1n) is 7.78. The Bertz CT molecular complexity index is 627. The summed E-state index contributed by atoms with van der Waals surface area (Å²) >= 11 is 1.41. The molecule has 1 unspecified atom stereocenters. The number of unbranched alkanes of at least 4 members (excludes halogenated alkanes) is 1. The van der Waals surface area contributed by atoms with Crippen LogP contribution in [0.25, 0.3) is 10.6 Å². The van der Waals surface area contributed by atoms with E-state index in [9.17, 15) is 4.79 Å². The predicted molar refractivity (Wildman–Crippen MR) is 101 cm³/mol. The maximum Gasteiger partial charge on any atom is 0.226 e. The van der Waals surface area contributed by atoms with Crippen LogP contribution in [-0.4, -0.2) is 27.1 Å². The second kappa shape index (κ2) is 8.70. The predicted octanol–water partition coefficient (Wildman–Crippen LogP) is 4.86. The zero-order valence-electron chi connectivity index (χ0n) is 12.7. The van der Waals surface area contributed by atoms with Crippen molar-refractivity contribution in [2.45, 2.75) is 37.4 Å². The van der Waals surface area contributed by atoms with Gasteiger partial charge in [-0.3, -0.25) is 4.79 Å². The Morgan fingerprint density at radius 2 is 2.09 bits per heavy atom. The van der Waals surface area contributed by atoms with Crippen molar-refractivity contribution in [3.63, 3.8) is 0 Å². The lowest BCUT2D eigenvalue weighted by Gasteiger charge is -2.06. The van der Waals surface area contributed by atoms with Crippen LogP contribution in [0.4, 0.5) is 5.13 Å². The van der Waals surface area contributed by atoms with Crippen molar-refractivity contribution in [3.8, 4) is 10.6 Å². The van der Waals surface area contributed by atoms with Crippen molar-refractivity contribution in [1.29, 1.82) is 0 Å². The summed E-state index contributed by atoms with van der Waals surface area (Å²) in [7, 11) is 3.98. The molecule has 1 N–H and O–H groups in total. The summed E-state index contributed by atoms with van der Waals surface area (Å²) in [5, 5.41) is 13.3. The minimum Gasteiger partial charge on any atom is -0.301 e. The van der Waals surface area contributed by atoms with E-state index in [-0.39, 0.29) is 5.91 Å². The number of carbonyl (C=O) groups excluding carboxylic acids is 1. The van der Waals surface area contributed by atoms with Crippen LogP contribution in [-0.2, 0) is 4.79 Å². The highest BCUT2D eigenvalue weighted by Crippen LogP contribution is 2.39. The lowest BCUT2D eigenvalue weighted by Crippen LogP contribution is -2.11. The van der Waals surface area contributed by atoms with E-state index in [2.05, 4.69) is 15.5 Å². The van der Waals surface area contributed by atoms with Crippen molar-refractivity contribution in [1.82, 2.24) is 10.2 Å². The van der Waals surface area contributed by atoms with Crippen molar-refractivity contribution >= 4 is 44.0 Å². The molecule has 0 radical (unpaired) electrons. The summed E-state index contributed by atoms with van der Waals surface area (Å²) in [6.07, 6.45) is 5.16. The summed E-state index contributed by atoms with van der Waals surface area (Å²) in [6.45, 7) is 0. The highest BCUT2D eigenvalue weighted by molar-refractivity contribution is 8.77. The summed E-state index contributed by atoms with van der Waals surface area (Å²) < 4.78 is 0. The van der Waals surface area contributed by atoms with Crippen LogP contribution in [0.1, 0.15) is 32.1 Å². The number of benzene rings is 1. The molecule has 3 rings (SSSR count). The van der Waals surface area contributed by atoms with Gasteiger partial charge in [-0.25, -0.2) is 0 Å². The van der Waals surface area contributed by atoms with Crippen molar-refractivity contribution in [2.24, 2.45) is 0 Å². The first-order chi connectivity index (χ1) is 11.3. The number of nitrogens with zero attached hydrogens (tertiary/aromatic N) is 2. The normalized spacial score (nSPS) is 17.3. The third-order valence-corrected chi connectivity index (χ3v) is 7.49. The Balaban J connectivity index is 1.40. The van der Waals surface area contributed by atoms with Crippen LogP contribution in [0.15, 0.2) is 30.3 Å². The Kier molecular flexibility index (Phi) is 6.36. The largest absolute Gasteiger partial charge is 0.301 e. The lowest BCUT2D eigenvalue weighted by molar-refractivity contribution is -0.116. The Hall–Kier alpha value is -1.05. The fourth-order valence-electron chi connectivity index (χ4n) is 2.37. The molecule has 2 heterocycles. The third-order valence-electron chi connectivity index (χ3n) is 3.60. The lowest BCUT2D eigenvalue weighted by atomic mass is 10.1. The highest BCUT2D eigenvalue weighted by Gasteiger charge is 2.16. The number of amides is 1. The maximum atomic E-state index is 12.0. The fourth-order valence-corrected chi connectivity index (χ4v) is 6.17. The van der Waals surface area contributed by atoms with Gasteiger partial charge in [0.2, 0.25) is 11.0 Å². The summed E-state index contributed by atoms with van der Waals surface area (Å²) in [5.41, 5.74) is 1.03. The van der Waals surface area contributed by atoms with Crippen LogP contribution in [0.3, 0.4) is 0 Å². The molecule has 1 aromatic heterocycles. The number of carbonyl (C=O) groups is 1. The Labute approximate surface area is 148 Å². The molecule has 1 fully saturated rings. The number of aromatic nitrogens is 2. The first-order valence-corrected chi connectivity index (χ1v) is 11.0. The molecule has 2 aromatic rings. The van der Waals surface area contributed by atoms with E-state index in [4.69, 9.17) is 0 Å². The van der Waals surface area contributed by atoms with Gasteiger partial charge in [0.15, 0.2) is 0 Å². The van der Waals surface area contributed by atoms with E-state index in [0.29, 0.717) is 11.6 Å². The number of hydrogen-bond acceptors (Lipinski definition) is 6. The molecule has 1 aromatic carbocycles. The number of anilines is 1. The van der Waals surface area contributed by atoms with E-state index in [1.807, 2.05) is 51.9 Å². The van der Waals surface area contributed by atoms with Gasteiger partial charge in [0.1, 0.15) is 5.01 Å². The van der Waals surface area contributed by atoms with Gasteiger partial charge in [-0.1, -0.05) is 69.7 Å². The van der Waals surface area contributed by atoms with E-state index < -0.39 is 0 Å². The minimum absolute atomic E-state index is 0.0363. The standard InChI is InChI=1S/C16H19N3OS3/c20-14(9-5-4-8-13-10-11-21-23-13)17-16-19-18-15(22-16)12-6-2-1-3-7-12/h1-3,6-7,13H,4-5,8-11H2,(H,17,19,20). The fraction of sp³-hybridized carbons (Fsp3) is 0.438. The molecule has 0 aliphatic carbocycles. The van der Waals surface area contributed by atoms with Gasteiger partial charge in [-0.2, -0.15) is 0 Å². The molecule has 1 amide bonds. The van der Waals surface area contributed by atoms with Crippen LogP contribution < -0.4 is 5.32 Å². The second-order valence-corrected chi connectivity index (χ2v) is 9.17. The minimum atomic E-state index is 0.0363. The van der Waals surface area contributed by atoms with Gasteiger partial charge in [0, 0.05) is 23.0 Å². The summed E-state index contributed by atoms with van der Waals surface area (Å²) in [5.74, 6) is 1.31. The Morgan fingerprint density at radius 1 is 1.22 bits per heavy atom. The van der Waals surface area contributed by atoms with E-state index in [0.717, 1.165) is 28.7 Å². The molecule has 122 valence electrons. The molecule has 0 saturated carbocycles. The molecular weight excluding hydrogens is 346 g/mol. The van der Waals surface area contributed by atoms with Crippen LogP contribution >= 0.6 is 32.9 Å². The Morgan fingerprint density at radius 3 is 2.87 bits per heavy atom. The summed E-state index contributed by atoms with van der Waals surface area (Å²) in [6, 6.07) is 9.89. The summed E-state index contributed by atoms with van der Waals surface area (Å²) in [4.78, 5) is 12.0. The second-order valence-electron chi connectivity index (χ2n) is 5.40. The molecular formula is C16H19N3OS3. The van der Waals surface area contributed by atoms with E-state index in [1.54, 1.807) is 0 Å². The van der Waals surface area contributed by atoms with Crippen LogP contribution in [0.5, 0.6) is 0 Å². The molecule has 1 aliphatic heterocycles. The van der Waals surface area contributed by atoms with Gasteiger partial charge in [-0.05, 0) is 19.3 Å². The van der Waals surface area contributed by atoms with Gasteiger partial charge < -0.3 is 5.32 Å².